The predicted octanol–water partition coefficient (Wildman–Crippen LogP) is 2.07. The number of aliphatic hydroxyl groups excluding tert-OH is 3. The van der Waals surface area contributed by atoms with E-state index in [4.69, 9.17) is 0 Å². The molecule has 4 aliphatic carbocycles. The van der Waals surface area contributed by atoms with E-state index in [2.05, 4.69) is 27.4 Å². The SMILES string of the molecule is C=C1C(=O)[C@]23C(O)[C@H]1CC[C@H]2[C@]1(C)CC[C@H](O)C(C)(C)[C@H]1C[C@H]3O. The Morgan fingerprint density at radius 2 is 1.67 bits per heavy atom. The Labute approximate surface area is 144 Å². The van der Waals surface area contributed by atoms with Crippen LogP contribution in [0.2, 0.25) is 0 Å². The maximum absolute atomic E-state index is 13.1. The minimum absolute atomic E-state index is 0.0384. The lowest BCUT2D eigenvalue weighted by Crippen LogP contribution is -2.68. The molecule has 4 saturated carbocycles. The van der Waals surface area contributed by atoms with Crippen LogP contribution in [0.3, 0.4) is 0 Å². The topological polar surface area (TPSA) is 77.8 Å². The maximum atomic E-state index is 13.1. The molecule has 0 aromatic carbocycles. The molecule has 134 valence electrons. The van der Waals surface area contributed by atoms with Crippen molar-refractivity contribution in [2.75, 3.05) is 0 Å². The second-order valence-electron chi connectivity index (χ2n) is 9.65. The maximum Gasteiger partial charge on any atom is 0.170 e. The lowest BCUT2D eigenvalue weighted by Gasteiger charge is -2.66. The highest BCUT2D eigenvalue weighted by atomic mass is 16.3. The van der Waals surface area contributed by atoms with E-state index >= 15 is 0 Å². The van der Waals surface area contributed by atoms with Crippen molar-refractivity contribution >= 4 is 5.78 Å². The molecule has 1 spiro atoms. The first-order valence-electron chi connectivity index (χ1n) is 9.37. The summed E-state index contributed by atoms with van der Waals surface area (Å²) in [5, 5.41) is 32.6. The summed E-state index contributed by atoms with van der Waals surface area (Å²) < 4.78 is 0. The number of carbonyl (C=O) groups excluding carboxylic acids is 1. The van der Waals surface area contributed by atoms with Crippen LogP contribution in [0.15, 0.2) is 12.2 Å². The minimum atomic E-state index is -1.07. The molecule has 2 bridgehead atoms. The first-order valence-corrected chi connectivity index (χ1v) is 9.37. The number of Topliss-reactive ketones (excluding diaryl/α,β-unsaturated/α-hetero) is 1. The van der Waals surface area contributed by atoms with Gasteiger partial charge in [-0.3, -0.25) is 4.79 Å². The van der Waals surface area contributed by atoms with Crippen LogP contribution in [-0.4, -0.2) is 39.4 Å². The lowest BCUT2D eigenvalue weighted by molar-refractivity contribution is -0.239. The predicted molar refractivity (Wildman–Crippen MR) is 90.0 cm³/mol. The molecule has 1 unspecified atom stereocenters. The molecule has 0 heterocycles. The second-order valence-corrected chi connectivity index (χ2v) is 9.65. The Kier molecular flexibility index (Phi) is 3.29. The molecule has 0 amide bonds. The first-order chi connectivity index (χ1) is 11.1. The van der Waals surface area contributed by atoms with Crippen LogP contribution in [0.25, 0.3) is 0 Å². The summed E-state index contributed by atoms with van der Waals surface area (Å²) in [6.07, 6.45) is 1.62. The number of carbonyl (C=O) groups is 1. The van der Waals surface area contributed by atoms with Crippen LogP contribution in [-0.2, 0) is 4.79 Å². The summed E-state index contributed by atoms with van der Waals surface area (Å²) in [5.41, 5.74) is -0.991. The van der Waals surface area contributed by atoms with E-state index in [1.165, 1.54) is 0 Å². The molecule has 4 fully saturated rings. The molecular weight excluding hydrogens is 304 g/mol. The van der Waals surface area contributed by atoms with E-state index in [-0.39, 0.29) is 40.5 Å². The highest BCUT2D eigenvalue weighted by Crippen LogP contribution is 2.70. The van der Waals surface area contributed by atoms with Crippen molar-refractivity contribution in [1.29, 1.82) is 0 Å². The molecule has 4 aliphatic rings. The third-order valence-corrected chi connectivity index (χ3v) is 8.66. The molecule has 0 saturated heterocycles. The molecule has 4 nitrogen and oxygen atoms in total. The van der Waals surface area contributed by atoms with Crippen LogP contribution in [0.4, 0.5) is 0 Å². The Balaban J connectivity index is 1.87. The summed E-state index contributed by atoms with van der Waals surface area (Å²) in [4.78, 5) is 13.1. The van der Waals surface area contributed by atoms with Gasteiger partial charge in [-0.25, -0.2) is 0 Å². The first kappa shape index (κ1) is 16.7. The van der Waals surface area contributed by atoms with Gasteiger partial charge in [0.15, 0.2) is 5.78 Å². The van der Waals surface area contributed by atoms with Gasteiger partial charge in [0.25, 0.3) is 0 Å². The van der Waals surface area contributed by atoms with Crippen molar-refractivity contribution in [3.05, 3.63) is 12.2 Å². The van der Waals surface area contributed by atoms with E-state index in [9.17, 15) is 20.1 Å². The van der Waals surface area contributed by atoms with Crippen molar-refractivity contribution in [2.45, 2.75) is 71.2 Å². The zero-order valence-corrected chi connectivity index (χ0v) is 15.0. The largest absolute Gasteiger partial charge is 0.393 e. The van der Waals surface area contributed by atoms with Crippen molar-refractivity contribution in [3.8, 4) is 0 Å². The summed E-state index contributed by atoms with van der Waals surface area (Å²) >= 11 is 0. The standard InChI is InChI=1S/C20H30O4/c1-10-11-5-6-12-19(4)8-7-14(21)18(2,3)13(19)9-15(22)20(12,16(10)23)17(11)24/h11-15,17,21-22,24H,1,5-9H2,2-4H3/t11-,12-,13+,14-,15+,17?,19-,20-/m0/s1. The van der Waals surface area contributed by atoms with E-state index < -0.39 is 17.6 Å². The van der Waals surface area contributed by atoms with Gasteiger partial charge in [-0.2, -0.15) is 0 Å². The molecule has 3 N–H and O–H groups in total. The molecule has 4 heteroatoms. The summed E-state index contributed by atoms with van der Waals surface area (Å²) in [5.74, 6) is -0.183. The van der Waals surface area contributed by atoms with Crippen molar-refractivity contribution in [2.24, 2.45) is 34.0 Å². The summed E-state index contributed by atoms with van der Waals surface area (Å²) in [7, 11) is 0. The lowest BCUT2D eigenvalue weighted by atomic mass is 9.39. The van der Waals surface area contributed by atoms with Crippen LogP contribution in [0.1, 0.15) is 52.9 Å². The average Bonchev–Trinajstić information content (AvgIpc) is 2.64. The molecule has 8 atom stereocenters. The normalized spacial score (nSPS) is 55.9. The number of fused-ring (bicyclic) bond motifs is 3. The quantitative estimate of drug-likeness (QED) is 0.593. The van der Waals surface area contributed by atoms with Crippen LogP contribution in [0.5, 0.6) is 0 Å². The molecule has 24 heavy (non-hydrogen) atoms. The number of ketones is 1. The van der Waals surface area contributed by atoms with Crippen LogP contribution >= 0.6 is 0 Å². The number of hydrogen-bond acceptors (Lipinski definition) is 4. The van der Waals surface area contributed by atoms with Gasteiger partial charge in [0, 0.05) is 5.92 Å². The summed E-state index contributed by atoms with van der Waals surface area (Å²) in [6, 6.07) is 0. The highest BCUT2D eigenvalue weighted by molar-refractivity contribution is 6.04. The van der Waals surface area contributed by atoms with Gasteiger partial charge in [0.1, 0.15) is 0 Å². The van der Waals surface area contributed by atoms with E-state index in [0.29, 0.717) is 12.0 Å². The zero-order chi connectivity index (χ0) is 17.7. The highest BCUT2D eigenvalue weighted by Gasteiger charge is 2.74. The number of rotatable bonds is 0. The van der Waals surface area contributed by atoms with Gasteiger partial charge < -0.3 is 15.3 Å². The van der Waals surface area contributed by atoms with Gasteiger partial charge in [-0.1, -0.05) is 27.4 Å². The average molecular weight is 334 g/mol. The Bertz CT molecular complexity index is 611. The van der Waals surface area contributed by atoms with E-state index in [1.54, 1.807) is 0 Å². The van der Waals surface area contributed by atoms with Gasteiger partial charge in [-0.05, 0) is 60.3 Å². The summed E-state index contributed by atoms with van der Waals surface area (Å²) in [6.45, 7) is 10.4. The second kappa shape index (κ2) is 4.72. The fourth-order valence-corrected chi connectivity index (χ4v) is 7.33. The third-order valence-electron chi connectivity index (χ3n) is 8.66. The third kappa shape index (κ3) is 1.59. The molecule has 0 radical (unpaired) electrons. The smallest absolute Gasteiger partial charge is 0.170 e. The Hall–Kier alpha value is -0.710. The fourth-order valence-electron chi connectivity index (χ4n) is 7.33. The number of aliphatic hydroxyl groups is 3. The Morgan fingerprint density at radius 1 is 1.00 bits per heavy atom. The molecular formula is C20H30O4. The van der Waals surface area contributed by atoms with Gasteiger partial charge in [-0.15, -0.1) is 0 Å². The fraction of sp³-hybridized carbons (Fsp3) is 0.850. The molecule has 0 aromatic heterocycles. The molecule has 0 aliphatic heterocycles. The van der Waals surface area contributed by atoms with Gasteiger partial charge in [0.2, 0.25) is 0 Å². The van der Waals surface area contributed by atoms with Crippen molar-refractivity contribution in [3.63, 3.8) is 0 Å². The van der Waals surface area contributed by atoms with E-state index in [0.717, 1.165) is 25.7 Å². The monoisotopic (exact) mass is 334 g/mol. The van der Waals surface area contributed by atoms with Crippen molar-refractivity contribution < 1.29 is 20.1 Å². The van der Waals surface area contributed by atoms with Crippen LogP contribution in [0, 0.1) is 34.0 Å². The molecule has 4 rings (SSSR count). The zero-order valence-electron chi connectivity index (χ0n) is 15.0. The minimum Gasteiger partial charge on any atom is -0.393 e. The van der Waals surface area contributed by atoms with Crippen LogP contribution < -0.4 is 0 Å². The van der Waals surface area contributed by atoms with Gasteiger partial charge in [0.05, 0.1) is 23.7 Å². The van der Waals surface area contributed by atoms with Gasteiger partial charge >= 0.3 is 0 Å². The van der Waals surface area contributed by atoms with E-state index in [1.807, 2.05) is 0 Å². The Morgan fingerprint density at radius 3 is 2.33 bits per heavy atom. The number of hydrogen-bond donors (Lipinski definition) is 3. The van der Waals surface area contributed by atoms with Crippen molar-refractivity contribution in [1.82, 2.24) is 0 Å². The molecule has 0 aromatic rings.